The van der Waals surface area contributed by atoms with Crippen molar-refractivity contribution in [3.8, 4) is 17.2 Å². The minimum absolute atomic E-state index is 0.129. The molecule has 1 fully saturated rings. The number of aromatic hydroxyl groups is 1. The molecule has 3 aromatic carbocycles. The van der Waals surface area contributed by atoms with Gasteiger partial charge in [-0.05, 0) is 66.1 Å². The number of aliphatic hydroxyl groups excluding tert-OH is 1. The van der Waals surface area contributed by atoms with Gasteiger partial charge in [0.1, 0.15) is 35.8 Å². The molecule has 0 saturated carbocycles. The summed E-state index contributed by atoms with van der Waals surface area (Å²) in [4.78, 5) is 2.17. The molecule has 0 radical (unpaired) electrons. The number of alkyl halides is 1. The zero-order valence-electron chi connectivity index (χ0n) is 20.1. The van der Waals surface area contributed by atoms with Crippen LogP contribution in [0.25, 0.3) is 11.1 Å². The number of benzene rings is 3. The first-order chi connectivity index (χ1) is 17.5. The zero-order valence-corrected chi connectivity index (χ0v) is 20.1. The van der Waals surface area contributed by atoms with Crippen LogP contribution >= 0.6 is 0 Å². The van der Waals surface area contributed by atoms with E-state index in [1.54, 1.807) is 30.3 Å². The van der Waals surface area contributed by atoms with Crippen molar-refractivity contribution >= 4 is 11.1 Å². The largest absolute Gasteiger partial charge is 0.508 e. The molecule has 36 heavy (non-hydrogen) atoms. The van der Waals surface area contributed by atoms with Crippen LogP contribution in [0.2, 0.25) is 0 Å². The van der Waals surface area contributed by atoms with Gasteiger partial charge in [0.15, 0.2) is 0 Å². The molecule has 2 heterocycles. The smallest absolute Gasteiger partial charge is 0.150 e. The molecule has 188 valence electrons. The molecule has 0 aromatic heterocycles. The molecule has 0 spiro atoms. The van der Waals surface area contributed by atoms with Crippen LogP contribution in [0.15, 0.2) is 60.7 Å². The summed E-state index contributed by atoms with van der Waals surface area (Å²) in [5.74, 6) is 1.20. The van der Waals surface area contributed by atoms with E-state index in [0.29, 0.717) is 12.4 Å². The first-order valence-electron chi connectivity index (χ1n) is 12.1. The quantitative estimate of drug-likeness (QED) is 0.442. The van der Waals surface area contributed by atoms with E-state index in [1.807, 2.05) is 31.2 Å². The molecule has 0 aliphatic carbocycles. The van der Waals surface area contributed by atoms with Gasteiger partial charge < -0.3 is 19.7 Å². The summed E-state index contributed by atoms with van der Waals surface area (Å²) in [6.07, 6.45) is -0.480. The van der Waals surface area contributed by atoms with Crippen molar-refractivity contribution in [2.24, 2.45) is 5.92 Å². The summed E-state index contributed by atoms with van der Waals surface area (Å²) in [6, 6.07) is 17.3. The van der Waals surface area contributed by atoms with Gasteiger partial charge in [-0.15, -0.1) is 0 Å². The molecule has 5 nitrogen and oxygen atoms in total. The van der Waals surface area contributed by atoms with E-state index in [4.69, 9.17) is 9.47 Å². The van der Waals surface area contributed by atoms with Crippen molar-refractivity contribution < 1.29 is 28.5 Å². The predicted molar refractivity (Wildman–Crippen MR) is 134 cm³/mol. The van der Waals surface area contributed by atoms with Crippen LogP contribution in [-0.2, 0) is 6.61 Å². The fraction of sp³-hybridized carbons (Fsp3) is 0.310. The summed E-state index contributed by atoms with van der Waals surface area (Å²) >= 11 is 0. The average molecular weight is 494 g/mol. The molecule has 7 heteroatoms. The Bertz CT molecular complexity index is 1270. The van der Waals surface area contributed by atoms with E-state index in [0.717, 1.165) is 53.2 Å². The number of hydrogen-bond acceptors (Lipinski definition) is 5. The van der Waals surface area contributed by atoms with Gasteiger partial charge in [0.2, 0.25) is 0 Å². The Morgan fingerprint density at radius 3 is 2.56 bits per heavy atom. The number of phenols is 1. The lowest BCUT2D eigenvalue weighted by Gasteiger charge is -2.37. The Morgan fingerprint density at radius 2 is 1.83 bits per heavy atom. The number of phenolic OH excluding ortho intramolecular Hbond substituents is 1. The van der Waals surface area contributed by atoms with Crippen molar-refractivity contribution in [1.29, 1.82) is 0 Å². The second-order valence-corrected chi connectivity index (χ2v) is 9.38. The fourth-order valence-corrected chi connectivity index (χ4v) is 4.90. The lowest BCUT2D eigenvalue weighted by atomic mass is 9.85. The monoisotopic (exact) mass is 493 g/mol. The predicted octanol–water partition coefficient (Wildman–Crippen LogP) is 5.37. The van der Waals surface area contributed by atoms with E-state index in [2.05, 4.69) is 4.90 Å². The molecule has 2 aliphatic heterocycles. The number of aliphatic hydroxyl groups is 1. The van der Waals surface area contributed by atoms with E-state index in [-0.39, 0.29) is 23.9 Å². The standard InChI is InChI=1S/C29H29F2NO4/c1-18-25-13-23(34)5-9-27(25)36-29(28(18)21-4-8-26(31)22(12-21)17-33)20-2-6-24(7-3-20)35-11-10-32-15-19(14-30)16-32/h2-9,12-13,19,29,33-34H,10-11,14-17H2,1H3/t29-/m0/s1. The van der Waals surface area contributed by atoms with Crippen LogP contribution in [0, 0.1) is 11.7 Å². The van der Waals surface area contributed by atoms with Gasteiger partial charge in [-0.25, -0.2) is 4.39 Å². The van der Waals surface area contributed by atoms with Gasteiger partial charge in [0.25, 0.3) is 0 Å². The van der Waals surface area contributed by atoms with E-state index in [1.165, 1.54) is 6.07 Å². The van der Waals surface area contributed by atoms with Crippen molar-refractivity contribution in [3.05, 3.63) is 88.7 Å². The summed E-state index contributed by atoms with van der Waals surface area (Å²) in [7, 11) is 0. The Hall–Kier alpha value is -3.42. The Balaban J connectivity index is 1.41. The number of allylic oxidation sites excluding steroid dienone is 1. The number of ether oxygens (including phenoxy) is 2. The number of halogens is 2. The Labute approximate surface area is 209 Å². The van der Waals surface area contributed by atoms with Crippen LogP contribution in [0.1, 0.15) is 35.3 Å². The number of fused-ring (bicyclic) bond motifs is 1. The molecule has 3 aromatic rings. The maximum atomic E-state index is 14.1. The maximum Gasteiger partial charge on any atom is 0.150 e. The topological polar surface area (TPSA) is 62.2 Å². The van der Waals surface area contributed by atoms with Crippen LogP contribution in [-0.4, -0.2) is 48.0 Å². The van der Waals surface area contributed by atoms with Gasteiger partial charge in [-0.3, -0.25) is 9.29 Å². The van der Waals surface area contributed by atoms with Crippen molar-refractivity contribution in [3.63, 3.8) is 0 Å². The van der Waals surface area contributed by atoms with E-state index < -0.39 is 18.5 Å². The highest BCUT2D eigenvalue weighted by atomic mass is 19.1. The van der Waals surface area contributed by atoms with Crippen LogP contribution in [0.5, 0.6) is 17.2 Å². The SMILES string of the molecule is CC1=C(c2ccc(F)c(CO)c2)[C@H](c2ccc(OCCN3CC(CF)C3)cc2)Oc2ccc(O)cc21. The molecule has 1 saturated heterocycles. The molecule has 0 amide bonds. The van der Waals surface area contributed by atoms with Crippen molar-refractivity contribution in [2.45, 2.75) is 19.6 Å². The molecule has 0 bridgehead atoms. The average Bonchev–Trinajstić information content (AvgIpc) is 2.86. The van der Waals surface area contributed by atoms with Gasteiger partial charge >= 0.3 is 0 Å². The van der Waals surface area contributed by atoms with Crippen LogP contribution in [0.3, 0.4) is 0 Å². The third-order valence-corrected chi connectivity index (χ3v) is 6.92. The normalized spacial score (nSPS) is 17.9. The Morgan fingerprint density at radius 1 is 1.06 bits per heavy atom. The van der Waals surface area contributed by atoms with Gasteiger partial charge in [-0.2, -0.15) is 0 Å². The van der Waals surface area contributed by atoms with E-state index >= 15 is 0 Å². The van der Waals surface area contributed by atoms with Gasteiger partial charge in [0.05, 0.1) is 13.3 Å². The fourth-order valence-electron chi connectivity index (χ4n) is 4.90. The Kier molecular flexibility index (Phi) is 6.94. The number of nitrogens with zero attached hydrogens (tertiary/aromatic N) is 1. The second kappa shape index (κ2) is 10.3. The maximum absolute atomic E-state index is 14.1. The molecule has 2 N–H and O–H groups in total. The lowest BCUT2D eigenvalue weighted by Crippen LogP contribution is -2.49. The van der Waals surface area contributed by atoms with Crippen LogP contribution in [0.4, 0.5) is 8.78 Å². The molecular weight excluding hydrogens is 464 g/mol. The zero-order chi connectivity index (χ0) is 25.2. The summed E-state index contributed by atoms with van der Waals surface area (Å²) in [5, 5.41) is 19.7. The van der Waals surface area contributed by atoms with Crippen molar-refractivity contribution in [2.75, 3.05) is 32.9 Å². The highest BCUT2D eigenvalue weighted by molar-refractivity contribution is 5.95. The molecule has 2 aliphatic rings. The van der Waals surface area contributed by atoms with Crippen LogP contribution < -0.4 is 9.47 Å². The molecule has 5 rings (SSSR count). The first kappa shape index (κ1) is 24.3. The van der Waals surface area contributed by atoms with Gasteiger partial charge in [0, 0.05) is 42.3 Å². The second-order valence-electron chi connectivity index (χ2n) is 9.38. The summed E-state index contributed by atoms with van der Waals surface area (Å²) < 4.78 is 39.0. The lowest BCUT2D eigenvalue weighted by molar-refractivity contribution is 0.0668. The van der Waals surface area contributed by atoms with Crippen molar-refractivity contribution in [1.82, 2.24) is 4.90 Å². The minimum atomic E-state index is -0.480. The summed E-state index contributed by atoms with van der Waals surface area (Å²) in [6.45, 7) is 4.14. The van der Waals surface area contributed by atoms with E-state index in [9.17, 15) is 19.0 Å². The number of likely N-dealkylation sites (tertiary alicyclic amines) is 1. The molecule has 1 atom stereocenters. The first-order valence-corrected chi connectivity index (χ1v) is 12.1. The third-order valence-electron chi connectivity index (χ3n) is 6.92. The highest BCUT2D eigenvalue weighted by Crippen LogP contribution is 2.47. The minimum Gasteiger partial charge on any atom is -0.508 e. The molecular formula is C29H29F2NO4. The third kappa shape index (κ3) is 4.81. The highest BCUT2D eigenvalue weighted by Gasteiger charge is 2.30. The summed E-state index contributed by atoms with van der Waals surface area (Å²) in [5.41, 5.74) is 4.32. The van der Waals surface area contributed by atoms with Gasteiger partial charge in [-0.1, -0.05) is 18.2 Å². The number of rotatable bonds is 8. The molecule has 0 unspecified atom stereocenters. The number of hydrogen-bond donors (Lipinski definition) is 2.